The quantitative estimate of drug-likeness (QED) is 0.837. The molecule has 0 aliphatic carbocycles. The van der Waals surface area contributed by atoms with Crippen LogP contribution in [0.2, 0.25) is 0 Å². The van der Waals surface area contributed by atoms with Crippen molar-refractivity contribution in [1.29, 1.82) is 0 Å². The molecule has 3 atom stereocenters. The molecular weight excluding hydrogens is 226 g/mol. The van der Waals surface area contributed by atoms with Crippen molar-refractivity contribution in [2.24, 2.45) is 5.73 Å². The largest absolute Gasteiger partial charge is 0.327 e. The molecule has 0 amide bonds. The molecule has 0 bridgehead atoms. The fourth-order valence-corrected chi connectivity index (χ4v) is 4.29. The van der Waals surface area contributed by atoms with Gasteiger partial charge in [-0.2, -0.15) is 0 Å². The van der Waals surface area contributed by atoms with Crippen molar-refractivity contribution in [2.75, 3.05) is 0 Å². The summed E-state index contributed by atoms with van der Waals surface area (Å²) in [6.07, 6.45) is 2.89. The molecule has 2 N–H and O–H groups in total. The Morgan fingerprint density at radius 1 is 1.53 bits per heavy atom. The first-order chi connectivity index (χ1) is 7.20. The second-order valence-corrected chi connectivity index (χ2v) is 6.47. The van der Waals surface area contributed by atoms with Crippen molar-refractivity contribution in [2.45, 2.75) is 48.6 Å². The highest BCUT2D eigenvalue weighted by Crippen LogP contribution is 2.21. The molecule has 0 aliphatic heterocycles. The fourth-order valence-electron chi connectivity index (χ4n) is 1.66. The maximum absolute atomic E-state index is 12.2. The van der Waals surface area contributed by atoms with Crippen molar-refractivity contribution in [3.05, 3.63) is 17.5 Å². The molecule has 4 heteroatoms. The van der Waals surface area contributed by atoms with Crippen LogP contribution in [0.15, 0.2) is 21.7 Å². The molecule has 86 valence electrons. The van der Waals surface area contributed by atoms with Crippen molar-refractivity contribution in [3.8, 4) is 0 Å². The predicted molar refractivity (Wildman–Crippen MR) is 67.7 cm³/mol. The second kappa shape index (κ2) is 6.40. The Hall–Kier alpha value is -0.190. The van der Waals surface area contributed by atoms with Crippen LogP contribution >= 0.6 is 11.3 Å². The van der Waals surface area contributed by atoms with Crippen LogP contribution < -0.4 is 5.73 Å². The van der Waals surface area contributed by atoms with E-state index in [0.29, 0.717) is 0 Å². The highest BCUT2D eigenvalue weighted by molar-refractivity contribution is 7.88. The van der Waals surface area contributed by atoms with Gasteiger partial charge in [0.1, 0.15) is 0 Å². The van der Waals surface area contributed by atoms with E-state index in [9.17, 15) is 4.21 Å². The Labute approximate surface area is 98.3 Å². The van der Waals surface area contributed by atoms with Gasteiger partial charge < -0.3 is 5.73 Å². The molecule has 0 aromatic carbocycles. The van der Waals surface area contributed by atoms with Crippen molar-refractivity contribution >= 4 is 22.1 Å². The van der Waals surface area contributed by atoms with E-state index in [1.54, 1.807) is 11.3 Å². The van der Waals surface area contributed by atoms with Gasteiger partial charge in [-0.25, -0.2) is 0 Å². The molecule has 0 saturated carbocycles. The van der Waals surface area contributed by atoms with Crippen LogP contribution in [0.5, 0.6) is 0 Å². The molecule has 1 aromatic heterocycles. The average Bonchev–Trinajstić information content (AvgIpc) is 2.71. The van der Waals surface area contributed by atoms with Crippen LogP contribution in [-0.4, -0.2) is 15.5 Å². The van der Waals surface area contributed by atoms with Gasteiger partial charge in [0.25, 0.3) is 0 Å². The molecule has 0 spiro atoms. The van der Waals surface area contributed by atoms with Crippen LogP contribution in [0.25, 0.3) is 0 Å². The summed E-state index contributed by atoms with van der Waals surface area (Å²) in [4.78, 5) is 0. The van der Waals surface area contributed by atoms with Gasteiger partial charge in [-0.15, -0.1) is 11.3 Å². The third-order valence-electron chi connectivity index (χ3n) is 2.47. The van der Waals surface area contributed by atoms with Gasteiger partial charge in [-0.3, -0.25) is 4.21 Å². The third kappa shape index (κ3) is 3.40. The smallest absolute Gasteiger partial charge is 0.0913 e. The molecule has 3 unspecified atom stereocenters. The standard InChI is InChI=1S/C11H19NOS2/c1-3-6-9(12)10(4-2)15(13)11-7-5-8-14-11/h5,7-10H,3-4,6,12H2,1-2H3. The fraction of sp³-hybridized carbons (Fsp3) is 0.636. The minimum absolute atomic E-state index is 0.0583. The predicted octanol–water partition coefficient (Wildman–Crippen LogP) is 2.76. The molecule has 0 radical (unpaired) electrons. The Bertz CT molecular complexity index is 298. The Balaban J connectivity index is 2.70. The number of hydrogen-bond donors (Lipinski definition) is 1. The van der Waals surface area contributed by atoms with Crippen LogP contribution in [-0.2, 0) is 10.8 Å². The van der Waals surface area contributed by atoms with Gasteiger partial charge in [0.15, 0.2) is 0 Å². The zero-order valence-electron chi connectivity index (χ0n) is 9.31. The lowest BCUT2D eigenvalue weighted by Crippen LogP contribution is -2.37. The lowest BCUT2D eigenvalue weighted by molar-refractivity contribution is 0.550. The summed E-state index contributed by atoms with van der Waals surface area (Å²) >= 11 is 1.55. The van der Waals surface area contributed by atoms with Crippen LogP contribution in [0.1, 0.15) is 33.1 Å². The summed E-state index contributed by atoms with van der Waals surface area (Å²) in [6.45, 7) is 4.17. The third-order valence-corrected chi connectivity index (χ3v) is 5.68. The number of hydrogen-bond acceptors (Lipinski definition) is 3. The molecule has 0 aliphatic rings. The zero-order chi connectivity index (χ0) is 11.3. The monoisotopic (exact) mass is 245 g/mol. The van der Waals surface area contributed by atoms with E-state index in [-0.39, 0.29) is 11.3 Å². The molecule has 0 saturated heterocycles. The van der Waals surface area contributed by atoms with Crippen molar-refractivity contribution in [3.63, 3.8) is 0 Å². The van der Waals surface area contributed by atoms with Gasteiger partial charge in [0.05, 0.1) is 20.3 Å². The van der Waals surface area contributed by atoms with E-state index in [1.807, 2.05) is 17.5 Å². The van der Waals surface area contributed by atoms with Gasteiger partial charge in [0.2, 0.25) is 0 Å². The molecule has 0 fully saturated rings. The van der Waals surface area contributed by atoms with Gasteiger partial charge in [-0.05, 0) is 24.3 Å². The maximum Gasteiger partial charge on any atom is 0.0913 e. The molecule has 1 heterocycles. The van der Waals surface area contributed by atoms with E-state index in [4.69, 9.17) is 5.73 Å². The van der Waals surface area contributed by atoms with Gasteiger partial charge >= 0.3 is 0 Å². The summed E-state index contributed by atoms with van der Waals surface area (Å²) in [5.41, 5.74) is 6.06. The summed E-state index contributed by atoms with van der Waals surface area (Å²) in [7, 11) is -0.928. The summed E-state index contributed by atoms with van der Waals surface area (Å²) in [5, 5.41) is 2.06. The van der Waals surface area contributed by atoms with E-state index in [0.717, 1.165) is 23.5 Å². The summed E-state index contributed by atoms with van der Waals surface area (Å²) < 4.78 is 13.1. The number of rotatable bonds is 6. The van der Waals surface area contributed by atoms with Gasteiger partial charge in [-0.1, -0.05) is 26.3 Å². The first-order valence-corrected chi connectivity index (χ1v) is 7.49. The minimum atomic E-state index is -0.928. The Morgan fingerprint density at radius 2 is 2.27 bits per heavy atom. The van der Waals surface area contributed by atoms with Crippen molar-refractivity contribution in [1.82, 2.24) is 0 Å². The highest BCUT2D eigenvalue weighted by Gasteiger charge is 2.23. The zero-order valence-corrected chi connectivity index (χ0v) is 10.9. The SMILES string of the molecule is CCCC(N)C(CC)S(=O)c1cccs1. The van der Waals surface area contributed by atoms with Gasteiger partial charge in [0, 0.05) is 6.04 Å². The lowest BCUT2D eigenvalue weighted by Gasteiger charge is -2.20. The molecule has 2 nitrogen and oxygen atoms in total. The number of thiophene rings is 1. The first kappa shape index (κ1) is 12.9. The Kier molecular flexibility index (Phi) is 5.50. The maximum atomic E-state index is 12.2. The average molecular weight is 245 g/mol. The van der Waals surface area contributed by atoms with E-state index in [2.05, 4.69) is 13.8 Å². The highest BCUT2D eigenvalue weighted by atomic mass is 32.2. The normalized spacial score (nSPS) is 17.3. The van der Waals surface area contributed by atoms with Crippen LogP contribution in [0.4, 0.5) is 0 Å². The molecular formula is C11H19NOS2. The van der Waals surface area contributed by atoms with E-state index < -0.39 is 10.8 Å². The second-order valence-electron chi connectivity index (χ2n) is 3.63. The van der Waals surface area contributed by atoms with E-state index >= 15 is 0 Å². The van der Waals surface area contributed by atoms with E-state index in [1.165, 1.54) is 0 Å². The summed E-state index contributed by atoms with van der Waals surface area (Å²) in [6, 6.07) is 3.93. The van der Waals surface area contributed by atoms with Crippen LogP contribution in [0, 0.1) is 0 Å². The lowest BCUT2D eigenvalue weighted by atomic mass is 10.1. The molecule has 1 aromatic rings. The summed E-state index contributed by atoms with van der Waals surface area (Å²) in [5.74, 6) is 0. The van der Waals surface area contributed by atoms with Crippen LogP contribution in [0.3, 0.4) is 0 Å². The molecule has 1 rings (SSSR count). The topological polar surface area (TPSA) is 43.1 Å². The Morgan fingerprint density at radius 3 is 2.73 bits per heavy atom. The number of nitrogens with two attached hydrogens (primary N) is 1. The minimum Gasteiger partial charge on any atom is -0.327 e. The molecule has 15 heavy (non-hydrogen) atoms. The van der Waals surface area contributed by atoms with Crippen molar-refractivity contribution < 1.29 is 4.21 Å². The first-order valence-electron chi connectivity index (χ1n) is 5.40.